The Morgan fingerprint density at radius 1 is 1.18 bits per heavy atom. The minimum Gasteiger partial charge on any atom is -0.480 e. The van der Waals surface area contributed by atoms with Crippen molar-refractivity contribution in [2.24, 2.45) is 4.99 Å². The van der Waals surface area contributed by atoms with E-state index < -0.39 is 0 Å². The standard InChI is InChI=1S/C26H29FN6O/c1-5-28-18(3)16-29-23-13-12-22(30-26(23)34-4)17(2)15-24-31-25-21(7-6-14-33(25)32-24)19-8-10-20(27)11-9-19/h5,8-13,15-16,21,29H,6-7,14H2,1-4H3/b17-15+,18-16-,28-5-/t21-/m1/s1. The number of aryl methyl sites for hydroxylation is 1. The van der Waals surface area contributed by atoms with E-state index in [0.29, 0.717) is 11.7 Å². The number of benzene rings is 1. The highest BCUT2D eigenvalue weighted by molar-refractivity contribution is 5.77. The van der Waals surface area contributed by atoms with Crippen LogP contribution in [0.3, 0.4) is 0 Å². The topological polar surface area (TPSA) is 77.2 Å². The van der Waals surface area contributed by atoms with Gasteiger partial charge in [0.15, 0.2) is 5.82 Å². The number of halogens is 1. The monoisotopic (exact) mass is 460 g/mol. The third kappa shape index (κ3) is 5.22. The van der Waals surface area contributed by atoms with Crippen LogP contribution in [0, 0.1) is 5.82 Å². The molecule has 0 amide bonds. The van der Waals surface area contributed by atoms with Crippen molar-refractivity contribution in [2.75, 3.05) is 12.4 Å². The maximum absolute atomic E-state index is 13.4. The molecule has 0 unspecified atom stereocenters. The molecule has 0 fully saturated rings. The first-order valence-corrected chi connectivity index (χ1v) is 11.3. The summed E-state index contributed by atoms with van der Waals surface area (Å²) >= 11 is 0. The molecule has 3 heterocycles. The molecule has 0 radical (unpaired) electrons. The van der Waals surface area contributed by atoms with Crippen LogP contribution in [0.15, 0.2) is 53.3 Å². The van der Waals surface area contributed by atoms with Gasteiger partial charge in [0.1, 0.15) is 17.3 Å². The van der Waals surface area contributed by atoms with Gasteiger partial charge >= 0.3 is 0 Å². The third-order valence-corrected chi connectivity index (χ3v) is 5.74. The highest BCUT2D eigenvalue weighted by atomic mass is 19.1. The summed E-state index contributed by atoms with van der Waals surface area (Å²) in [5.74, 6) is 1.93. The number of aromatic nitrogens is 4. The molecule has 4 rings (SSSR count). The Labute approximate surface area is 199 Å². The summed E-state index contributed by atoms with van der Waals surface area (Å²) in [4.78, 5) is 13.7. The van der Waals surface area contributed by atoms with E-state index in [1.807, 2.05) is 55.8 Å². The van der Waals surface area contributed by atoms with Crippen molar-refractivity contribution >= 4 is 23.6 Å². The summed E-state index contributed by atoms with van der Waals surface area (Å²) in [6, 6.07) is 10.5. The van der Waals surface area contributed by atoms with E-state index in [1.54, 1.807) is 19.5 Å². The first-order valence-electron chi connectivity index (χ1n) is 11.3. The van der Waals surface area contributed by atoms with Crippen LogP contribution in [-0.4, -0.2) is 33.1 Å². The van der Waals surface area contributed by atoms with Crippen molar-refractivity contribution in [1.82, 2.24) is 19.7 Å². The number of methoxy groups -OCH3 is 1. The molecule has 1 atom stereocenters. The van der Waals surface area contributed by atoms with Crippen molar-refractivity contribution in [3.8, 4) is 5.88 Å². The zero-order chi connectivity index (χ0) is 24.1. The molecule has 2 aromatic heterocycles. The van der Waals surface area contributed by atoms with Crippen LogP contribution in [0.25, 0.3) is 11.6 Å². The normalized spacial score (nSPS) is 16.6. The van der Waals surface area contributed by atoms with E-state index in [2.05, 4.69) is 15.3 Å². The average molecular weight is 461 g/mol. The lowest BCUT2D eigenvalue weighted by molar-refractivity contribution is 0.399. The average Bonchev–Trinajstić information content (AvgIpc) is 3.26. The zero-order valence-electron chi connectivity index (χ0n) is 19.9. The fraction of sp³-hybridized carbons (Fsp3) is 0.308. The molecule has 0 aliphatic carbocycles. The number of aliphatic imine (C=N–C) groups is 1. The summed E-state index contributed by atoms with van der Waals surface area (Å²) in [6.45, 7) is 6.59. The molecular formula is C26H29FN6O. The van der Waals surface area contributed by atoms with Crippen LogP contribution in [0.2, 0.25) is 0 Å². The van der Waals surface area contributed by atoms with Gasteiger partial charge in [-0.2, -0.15) is 5.10 Å². The van der Waals surface area contributed by atoms with E-state index in [-0.39, 0.29) is 11.7 Å². The van der Waals surface area contributed by atoms with Crippen molar-refractivity contribution < 1.29 is 9.13 Å². The summed E-state index contributed by atoms with van der Waals surface area (Å²) in [5.41, 5.74) is 4.36. The molecule has 7 nitrogen and oxygen atoms in total. The van der Waals surface area contributed by atoms with Crippen LogP contribution in [0.4, 0.5) is 10.1 Å². The number of rotatable bonds is 7. The number of hydrogen-bond acceptors (Lipinski definition) is 6. The maximum Gasteiger partial charge on any atom is 0.238 e. The first kappa shape index (κ1) is 23.4. The SMILES string of the molecule is C/C=N\C(C)=C/Nc1ccc(/C(C)=C/c2nc3n(n2)CCC[C@@H]3c2ccc(F)cc2)nc1OC. The van der Waals surface area contributed by atoms with E-state index in [1.165, 1.54) is 12.1 Å². The molecular weight excluding hydrogens is 431 g/mol. The minimum atomic E-state index is -0.231. The molecule has 8 heteroatoms. The zero-order valence-corrected chi connectivity index (χ0v) is 19.9. The second-order valence-corrected chi connectivity index (χ2v) is 8.20. The molecule has 3 aromatic rings. The van der Waals surface area contributed by atoms with Crippen LogP contribution in [0.1, 0.15) is 62.4 Å². The molecule has 0 bridgehead atoms. The van der Waals surface area contributed by atoms with Gasteiger partial charge in [-0.3, -0.25) is 4.99 Å². The number of anilines is 1. The number of hydrogen-bond donors (Lipinski definition) is 1. The largest absolute Gasteiger partial charge is 0.480 e. The predicted octanol–water partition coefficient (Wildman–Crippen LogP) is 5.67. The Morgan fingerprint density at radius 3 is 2.71 bits per heavy atom. The molecule has 176 valence electrons. The summed E-state index contributed by atoms with van der Waals surface area (Å²) in [5, 5.41) is 7.89. The third-order valence-electron chi connectivity index (χ3n) is 5.74. The molecule has 1 aromatic carbocycles. The van der Waals surface area contributed by atoms with Crippen molar-refractivity contribution in [2.45, 2.75) is 46.1 Å². The van der Waals surface area contributed by atoms with E-state index in [4.69, 9.17) is 14.8 Å². The predicted molar refractivity (Wildman–Crippen MR) is 133 cm³/mol. The molecule has 34 heavy (non-hydrogen) atoms. The lowest BCUT2D eigenvalue weighted by Crippen LogP contribution is -2.17. The summed E-state index contributed by atoms with van der Waals surface area (Å²) in [7, 11) is 1.59. The van der Waals surface area contributed by atoms with Crippen LogP contribution in [0.5, 0.6) is 5.88 Å². The number of fused-ring (bicyclic) bond motifs is 1. The maximum atomic E-state index is 13.4. The Bertz CT molecular complexity index is 1240. The van der Waals surface area contributed by atoms with Crippen molar-refractivity contribution in [1.29, 1.82) is 0 Å². The highest BCUT2D eigenvalue weighted by Crippen LogP contribution is 2.33. The molecule has 0 saturated heterocycles. The van der Waals surface area contributed by atoms with Crippen LogP contribution < -0.4 is 10.1 Å². The van der Waals surface area contributed by atoms with Crippen molar-refractivity contribution in [3.05, 3.63) is 77.0 Å². The number of pyridine rings is 1. The lowest BCUT2D eigenvalue weighted by Gasteiger charge is -2.22. The first-order chi connectivity index (χ1) is 16.5. The quantitative estimate of drug-likeness (QED) is 0.460. The molecule has 1 aliphatic heterocycles. The molecule has 0 spiro atoms. The van der Waals surface area contributed by atoms with Crippen molar-refractivity contribution in [3.63, 3.8) is 0 Å². The fourth-order valence-corrected chi connectivity index (χ4v) is 4.06. The smallest absolute Gasteiger partial charge is 0.238 e. The number of ether oxygens (including phenoxy) is 1. The van der Waals surface area contributed by atoms with E-state index in [9.17, 15) is 4.39 Å². The van der Waals surface area contributed by atoms with Gasteiger partial charge < -0.3 is 10.1 Å². The van der Waals surface area contributed by atoms with Gasteiger partial charge in [0.25, 0.3) is 0 Å². The Hall–Kier alpha value is -3.81. The Balaban J connectivity index is 1.58. The number of nitrogens with zero attached hydrogens (tertiary/aromatic N) is 5. The second-order valence-electron chi connectivity index (χ2n) is 8.20. The highest BCUT2D eigenvalue weighted by Gasteiger charge is 2.25. The fourth-order valence-electron chi connectivity index (χ4n) is 4.06. The number of nitrogens with one attached hydrogen (secondary N) is 1. The van der Waals surface area contributed by atoms with Gasteiger partial charge in [-0.25, -0.2) is 19.0 Å². The molecule has 0 saturated carbocycles. The van der Waals surface area contributed by atoms with Gasteiger partial charge in [0.05, 0.1) is 18.5 Å². The van der Waals surface area contributed by atoms with E-state index in [0.717, 1.165) is 53.4 Å². The number of allylic oxidation sites excluding steroid dienone is 2. The Morgan fingerprint density at radius 2 is 1.97 bits per heavy atom. The van der Waals surface area contributed by atoms with Gasteiger partial charge in [-0.1, -0.05) is 12.1 Å². The minimum absolute atomic E-state index is 0.112. The van der Waals surface area contributed by atoms with Crippen LogP contribution in [-0.2, 0) is 6.54 Å². The summed E-state index contributed by atoms with van der Waals surface area (Å²) in [6.07, 6.45) is 7.45. The Kier molecular flexibility index (Phi) is 7.15. The summed E-state index contributed by atoms with van der Waals surface area (Å²) < 4.78 is 20.8. The van der Waals surface area contributed by atoms with Gasteiger partial charge in [0.2, 0.25) is 5.88 Å². The second kappa shape index (κ2) is 10.4. The van der Waals surface area contributed by atoms with Gasteiger partial charge in [0, 0.05) is 24.9 Å². The lowest BCUT2D eigenvalue weighted by atomic mass is 9.91. The molecule has 1 aliphatic rings. The van der Waals surface area contributed by atoms with Gasteiger partial charge in [-0.05, 0) is 75.1 Å². The molecule has 1 N–H and O–H groups in total. The van der Waals surface area contributed by atoms with E-state index >= 15 is 0 Å². The van der Waals surface area contributed by atoms with Gasteiger partial charge in [-0.15, -0.1) is 0 Å². The van der Waals surface area contributed by atoms with Crippen LogP contribution >= 0.6 is 0 Å².